The van der Waals surface area contributed by atoms with Crippen LogP contribution < -0.4 is 5.73 Å². The van der Waals surface area contributed by atoms with Crippen molar-refractivity contribution < 1.29 is 0 Å². The molecule has 0 aliphatic heterocycles. The van der Waals surface area contributed by atoms with E-state index in [4.69, 9.17) is 5.73 Å². The molecule has 0 saturated carbocycles. The van der Waals surface area contributed by atoms with Crippen molar-refractivity contribution >= 4 is 22.4 Å². The van der Waals surface area contributed by atoms with Crippen molar-refractivity contribution in [3.63, 3.8) is 0 Å². The number of hydrogen-bond acceptors (Lipinski definition) is 4. The van der Waals surface area contributed by atoms with Gasteiger partial charge in [-0.15, -0.1) is 11.3 Å². The minimum absolute atomic E-state index is 0.497. The Labute approximate surface area is 103 Å². The SMILES string of the molecule is Cn1cnc2cc(-c3cnc(CN)s3)ccc21. The predicted octanol–water partition coefficient (Wildman–Crippen LogP) is 2.16. The van der Waals surface area contributed by atoms with E-state index < -0.39 is 0 Å². The molecule has 0 radical (unpaired) electrons. The minimum atomic E-state index is 0.497. The van der Waals surface area contributed by atoms with E-state index in [0.717, 1.165) is 26.5 Å². The van der Waals surface area contributed by atoms with Crippen LogP contribution in [-0.4, -0.2) is 14.5 Å². The normalized spacial score (nSPS) is 11.2. The van der Waals surface area contributed by atoms with Crippen molar-refractivity contribution in [3.8, 4) is 10.4 Å². The lowest BCUT2D eigenvalue weighted by Crippen LogP contribution is -1.93. The zero-order chi connectivity index (χ0) is 11.8. The van der Waals surface area contributed by atoms with E-state index in [0.29, 0.717) is 6.54 Å². The molecule has 0 aliphatic rings. The van der Waals surface area contributed by atoms with E-state index in [1.165, 1.54) is 0 Å². The summed E-state index contributed by atoms with van der Waals surface area (Å²) in [5.41, 5.74) is 8.86. The number of aryl methyl sites for hydroxylation is 1. The average molecular weight is 244 g/mol. The van der Waals surface area contributed by atoms with Crippen molar-refractivity contribution in [2.75, 3.05) is 0 Å². The number of nitrogens with zero attached hydrogens (tertiary/aromatic N) is 3. The van der Waals surface area contributed by atoms with Gasteiger partial charge in [0.15, 0.2) is 0 Å². The summed E-state index contributed by atoms with van der Waals surface area (Å²) in [5.74, 6) is 0. The van der Waals surface area contributed by atoms with E-state index in [9.17, 15) is 0 Å². The van der Waals surface area contributed by atoms with Crippen LogP contribution >= 0.6 is 11.3 Å². The van der Waals surface area contributed by atoms with E-state index >= 15 is 0 Å². The van der Waals surface area contributed by atoms with Gasteiger partial charge in [0, 0.05) is 19.8 Å². The Balaban J connectivity index is 2.11. The first-order chi connectivity index (χ1) is 8.28. The number of thiazole rings is 1. The molecule has 0 atom stereocenters. The van der Waals surface area contributed by atoms with Gasteiger partial charge < -0.3 is 10.3 Å². The van der Waals surface area contributed by atoms with Crippen LogP contribution in [0.3, 0.4) is 0 Å². The van der Waals surface area contributed by atoms with E-state index in [2.05, 4.69) is 28.2 Å². The molecule has 2 N–H and O–H groups in total. The van der Waals surface area contributed by atoms with Gasteiger partial charge in [-0.2, -0.15) is 0 Å². The van der Waals surface area contributed by atoms with Crippen LogP contribution in [-0.2, 0) is 13.6 Å². The van der Waals surface area contributed by atoms with Crippen molar-refractivity contribution in [1.29, 1.82) is 0 Å². The Morgan fingerprint density at radius 1 is 1.35 bits per heavy atom. The van der Waals surface area contributed by atoms with Crippen LogP contribution in [0.2, 0.25) is 0 Å². The quantitative estimate of drug-likeness (QED) is 0.751. The van der Waals surface area contributed by atoms with Gasteiger partial charge in [-0.3, -0.25) is 0 Å². The Morgan fingerprint density at radius 3 is 3.00 bits per heavy atom. The van der Waals surface area contributed by atoms with Gasteiger partial charge in [0.2, 0.25) is 0 Å². The van der Waals surface area contributed by atoms with Gasteiger partial charge in [-0.25, -0.2) is 9.97 Å². The molecule has 0 aliphatic carbocycles. The standard InChI is InChI=1S/C12H12N4S/c1-16-7-15-9-4-8(2-3-10(9)16)11-6-14-12(5-13)17-11/h2-4,6-7H,5,13H2,1H3. The van der Waals surface area contributed by atoms with Gasteiger partial charge in [0.05, 0.1) is 22.2 Å². The molecule has 1 aromatic carbocycles. The molecule has 5 heteroatoms. The number of hydrogen-bond donors (Lipinski definition) is 1. The highest BCUT2D eigenvalue weighted by atomic mass is 32.1. The topological polar surface area (TPSA) is 56.7 Å². The number of aromatic nitrogens is 3. The fourth-order valence-electron chi connectivity index (χ4n) is 1.83. The number of benzene rings is 1. The molecule has 0 fully saturated rings. The van der Waals surface area contributed by atoms with Gasteiger partial charge in [-0.1, -0.05) is 6.07 Å². The zero-order valence-corrected chi connectivity index (χ0v) is 10.2. The van der Waals surface area contributed by atoms with Crippen LogP contribution in [0.15, 0.2) is 30.7 Å². The van der Waals surface area contributed by atoms with Crippen molar-refractivity contribution in [1.82, 2.24) is 14.5 Å². The number of rotatable bonds is 2. The summed E-state index contributed by atoms with van der Waals surface area (Å²) in [6.07, 6.45) is 3.70. The summed E-state index contributed by atoms with van der Waals surface area (Å²) >= 11 is 1.63. The van der Waals surface area contributed by atoms with E-state index in [-0.39, 0.29) is 0 Å². The maximum Gasteiger partial charge on any atom is 0.107 e. The van der Waals surface area contributed by atoms with Gasteiger partial charge in [0.1, 0.15) is 5.01 Å². The molecule has 2 heterocycles. The molecule has 86 valence electrons. The van der Waals surface area contributed by atoms with Crippen LogP contribution in [0.1, 0.15) is 5.01 Å². The predicted molar refractivity (Wildman–Crippen MR) is 69.7 cm³/mol. The molecule has 0 unspecified atom stereocenters. The molecule has 0 amide bonds. The first kappa shape index (κ1) is 10.4. The van der Waals surface area contributed by atoms with Gasteiger partial charge >= 0.3 is 0 Å². The maximum atomic E-state index is 5.57. The molecule has 0 bridgehead atoms. The molecule has 2 aromatic heterocycles. The smallest absolute Gasteiger partial charge is 0.107 e. The lowest BCUT2D eigenvalue weighted by Gasteiger charge is -1.98. The lowest BCUT2D eigenvalue weighted by atomic mass is 10.2. The maximum absolute atomic E-state index is 5.57. The highest BCUT2D eigenvalue weighted by Gasteiger charge is 2.06. The highest BCUT2D eigenvalue weighted by molar-refractivity contribution is 7.15. The lowest BCUT2D eigenvalue weighted by molar-refractivity contribution is 0.948. The molecular formula is C12H12N4S. The minimum Gasteiger partial charge on any atom is -0.334 e. The van der Waals surface area contributed by atoms with Crippen molar-refractivity contribution in [2.24, 2.45) is 12.8 Å². The Bertz CT molecular complexity index is 668. The number of fused-ring (bicyclic) bond motifs is 1. The van der Waals surface area contributed by atoms with Gasteiger partial charge in [-0.05, 0) is 17.7 Å². The monoisotopic (exact) mass is 244 g/mol. The van der Waals surface area contributed by atoms with E-state index in [1.54, 1.807) is 11.3 Å². The molecule has 3 aromatic rings. The third-order valence-electron chi connectivity index (χ3n) is 2.74. The Morgan fingerprint density at radius 2 is 2.24 bits per heavy atom. The highest BCUT2D eigenvalue weighted by Crippen LogP contribution is 2.28. The molecular weight excluding hydrogens is 232 g/mol. The summed E-state index contributed by atoms with van der Waals surface area (Å²) in [6, 6.07) is 6.26. The second-order valence-corrected chi connectivity index (χ2v) is 5.00. The van der Waals surface area contributed by atoms with Crippen LogP contribution in [0.5, 0.6) is 0 Å². The largest absolute Gasteiger partial charge is 0.334 e. The first-order valence-corrected chi connectivity index (χ1v) is 6.16. The van der Waals surface area contributed by atoms with Crippen LogP contribution in [0.4, 0.5) is 0 Å². The summed E-state index contributed by atoms with van der Waals surface area (Å²) in [4.78, 5) is 9.76. The summed E-state index contributed by atoms with van der Waals surface area (Å²) in [5, 5.41) is 0.959. The third-order valence-corrected chi connectivity index (χ3v) is 3.81. The fraction of sp³-hybridized carbons (Fsp3) is 0.167. The molecule has 0 saturated heterocycles. The molecule has 3 rings (SSSR count). The summed E-state index contributed by atoms with van der Waals surface area (Å²) in [6.45, 7) is 0.497. The number of imidazole rings is 1. The Hall–Kier alpha value is -1.72. The summed E-state index contributed by atoms with van der Waals surface area (Å²) < 4.78 is 2.01. The molecule has 17 heavy (non-hydrogen) atoms. The first-order valence-electron chi connectivity index (χ1n) is 5.34. The second-order valence-electron chi connectivity index (χ2n) is 3.88. The number of nitrogens with two attached hydrogens (primary N) is 1. The third kappa shape index (κ3) is 1.73. The van der Waals surface area contributed by atoms with Crippen molar-refractivity contribution in [3.05, 3.63) is 35.7 Å². The van der Waals surface area contributed by atoms with E-state index in [1.807, 2.05) is 24.1 Å². The molecule has 4 nitrogen and oxygen atoms in total. The summed E-state index contributed by atoms with van der Waals surface area (Å²) in [7, 11) is 1.99. The molecule has 0 spiro atoms. The van der Waals surface area contributed by atoms with Crippen LogP contribution in [0, 0.1) is 0 Å². The fourth-order valence-corrected chi connectivity index (χ4v) is 2.62. The van der Waals surface area contributed by atoms with Crippen molar-refractivity contribution in [2.45, 2.75) is 6.54 Å². The Kier molecular flexibility index (Phi) is 2.42. The van der Waals surface area contributed by atoms with Crippen LogP contribution in [0.25, 0.3) is 21.5 Å². The zero-order valence-electron chi connectivity index (χ0n) is 9.42. The average Bonchev–Trinajstić information content (AvgIpc) is 2.96. The second kappa shape index (κ2) is 3.94. The van der Waals surface area contributed by atoms with Gasteiger partial charge in [0.25, 0.3) is 0 Å².